The van der Waals surface area contributed by atoms with Crippen LogP contribution in [0.15, 0.2) is 22.7 Å². The van der Waals surface area contributed by atoms with E-state index in [9.17, 15) is 9.18 Å². The van der Waals surface area contributed by atoms with Crippen LogP contribution in [0.1, 0.15) is 36.0 Å². The summed E-state index contributed by atoms with van der Waals surface area (Å²) in [5.41, 5.74) is 6.42. The number of rotatable bonds is 2. The standard InChI is InChI=1S/C13H16BrFN2O/c14-9-7-8(5-6-10(9)15)13(18)17-12-4-2-1-3-11(12)16/h5-7,11-12H,1-4,16H2,(H,17,18). The molecule has 1 aliphatic carbocycles. The summed E-state index contributed by atoms with van der Waals surface area (Å²) in [4.78, 5) is 12.0. The molecule has 0 radical (unpaired) electrons. The van der Waals surface area contributed by atoms with Crippen LogP contribution in [0.25, 0.3) is 0 Å². The largest absolute Gasteiger partial charge is 0.348 e. The molecule has 1 saturated carbocycles. The van der Waals surface area contributed by atoms with Crippen molar-refractivity contribution in [1.82, 2.24) is 5.32 Å². The van der Waals surface area contributed by atoms with E-state index in [2.05, 4.69) is 21.2 Å². The molecule has 1 aromatic rings. The molecular weight excluding hydrogens is 299 g/mol. The van der Waals surface area contributed by atoms with Gasteiger partial charge >= 0.3 is 0 Å². The Morgan fingerprint density at radius 2 is 2.11 bits per heavy atom. The first kappa shape index (κ1) is 13.5. The van der Waals surface area contributed by atoms with Gasteiger partial charge in [-0.3, -0.25) is 4.79 Å². The molecule has 3 N–H and O–H groups in total. The van der Waals surface area contributed by atoms with Gasteiger partial charge in [0.05, 0.1) is 4.47 Å². The second kappa shape index (κ2) is 5.80. The summed E-state index contributed by atoms with van der Waals surface area (Å²) in [6, 6.07) is 4.28. The highest BCUT2D eigenvalue weighted by Gasteiger charge is 2.23. The van der Waals surface area contributed by atoms with E-state index in [1.807, 2.05) is 0 Å². The van der Waals surface area contributed by atoms with E-state index < -0.39 is 0 Å². The van der Waals surface area contributed by atoms with Gasteiger partial charge < -0.3 is 11.1 Å². The Morgan fingerprint density at radius 1 is 1.39 bits per heavy atom. The fourth-order valence-corrected chi connectivity index (χ4v) is 2.61. The molecule has 5 heteroatoms. The second-order valence-corrected chi connectivity index (χ2v) is 5.51. The van der Waals surface area contributed by atoms with Gasteiger partial charge in [-0.05, 0) is 47.0 Å². The van der Waals surface area contributed by atoms with Gasteiger partial charge in [-0.25, -0.2) is 4.39 Å². The van der Waals surface area contributed by atoms with Gasteiger partial charge in [0.15, 0.2) is 0 Å². The number of nitrogens with two attached hydrogens (primary N) is 1. The lowest BCUT2D eigenvalue weighted by atomic mass is 9.91. The highest BCUT2D eigenvalue weighted by molar-refractivity contribution is 9.10. The third-order valence-corrected chi connectivity index (χ3v) is 3.93. The summed E-state index contributed by atoms with van der Waals surface area (Å²) in [7, 11) is 0. The number of carbonyl (C=O) groups is 1. The van der Waals surface area contributed by atoms with E-state index in [4.69, 9.17) is 5.73 Å². The quantitative estimate of drug-likeness (QED) is 0.881. The predicted octanol–water partition coefficient (Wildman–Crippen LogP) is 2.59. The Kier molecular flexibility index (Phi) is 4.35. The third-order valence-electron chi connectivity index (χ3n) is 3.32. The van der Waals surface area contributed by atoms with Crippen molar-refractivity contribution in [3.8, 4) is 0 Å². The molecule has 3 nitrogen and oxygen atoms in total. The predicted molar refractivity (Wildman–Crippen MR) is 71.8 cm³/mol. The van der Waals surface area contributed by atoms with Crippen LogP contribution in [-0.4, -0.2) is 18.0 Å². The van der Waals surface area contributed by atoms with Crippen LogP contribution < -0.4 is 11.1 Å². The minimum atomic E-state index is -0.374. The van der Waals surface area contributed by atoms with E-state index in [0.29, 0.717) is 10.0 Å². The maximum absolute atomic E-state index is 13.1. The number of carbonyl (C=O) groups excluding carboxylic acids is 1. The molecule has 0 heterocycles. The average Bonchev–Trinajstić information content (AvgIpc) is 2.35. The van der Waals surface area contributed by atoms with E-state index in [0.717, 1.165) is 25.7 Å². The van der Waals surface area contributed by atoms with E-state index in [-0.39, 0.29) is 23.8 Å². The summed E-state index contributed by atoms with van der Waals surface area (Å²) in [5.74, 6) is -0.570. The second-order valence-electron chi connectivity index (χ2n) is 4.66. The Balaban J connectivity index is 2.04. The SMILES string of the molecule is NC1CCCCC1NC(=O)c1ccc(F)c(Br)c1. The smallest absolute Gasteiger partial charge is 0.251 e. The molecule has 2 rings (SSSR count). The van der Waals surface area contributed by atoms with E-state index in [1.165, 1.54) is 18.2 Å². The Labute approximate surface area is 114 Å². The minimum absolute atomic E-state index is 0.0200. The summed E-state index contributed by atoms with van der Waals surface area (Å²) < 4.78 is 13.4. The number of hydrogen-bond donors (Lipinski definition) is 2. The highest BCUT2D eigenvalue weighted by Crippen LogP contribution is 2.19. The van der Waals surface area contributed by atoms with Gasteiger partial charge in [-0.2, -0.15) is 0 Å². The first-order chi connectivity index (χ1) is 8.58. The maximum atomic E-state index is 13.1. The summed E-state index contributed by atoms with van der Waals surface area (Å²) >= 11 is 3.07. The van der Waals surface area contributed by atoms with Crippen LogP contribution in [0.2, 0.25) is 0 Å². The minimum Gasteiger partial charge on any atom is -0.348 e. The fraction of sp³-hybridized carbons (Fsp3) is 0.462. The number of amides is 1. The van der Waals surface area contributed by atoms with Crippen molar-refractivity contribution in [3.63, 3.8) is 0 Å². The van der Waals surface area contributed by atoms with Crippen molar-refractivity contribution in [2.45, 2.75) is 37.8 Å². The van der Waals surface area contributed by atoms with Crippen molar-refractivity contribution in [1.29, 1.82) is 0 Å². The van der Waals surface area contributed by atoms with Crippen LogP contribution in [0.3, 0.4) is 0 Å². The van der Waals surface area contributed by atoms with Crippen LogP contribution in [0, 0.1) is 5.82 Å². The van der Waals surface area contributed by atoms with Crippen molar-refractivity contribution >= 4 is 21.8 Å². The van der Waals surface area contributed by atoms with Gasteiger partial charge in [0.25, 0.3) is 5.91 Å². The Hall–Kier alpha value is -0.940. The molecule has 1 aliphatic rings. The molecule has 1 aromatic carbocycles. The molecule has 0 bridgehead atoms. The fourth-order valence-electron chi connectivity index (χ4n) is 2.23. The van der Waals surface area contributed by atoms with E-state index >= 15 is 0 Å². The van der Waals surface area contributed by atoms with Crippen molar-refractivity contribution in [3.05, 3.63) is 34.1 Å². The average molecular weight is 315 g/mol. The van der Waals surface area contributed by atoms with Gasteiger partial charge in [0, 0.05) is 17.6 Å². The first-order valence-electron chi connectivity index (χ1n) is 6.09. The van der Waals surface area contributed by atoms with Gasteiger partial charge in [-0.1, -0.05) is 12.8 Å². The van der Waals surface area contributed by atoms with Gasteiger partial charge in [0.2, 0.25) is 0 Å². The molecule has 18 heavy (non-hydrogen) atoms. The van der Waals surface area contributed by atoms with Crippen molar-refractivity contribution in [2.75, 3.05) is 0 Å². The Morgan fingerprint density at radius 3 is 2.78 bits per heavy atom. The number of hydrogen-bond acceptors (Lipinski definition) is 2. The lowest BCUT2D eigenvalue weighted by molar-refractivity contribution is 0.0921. The molecule has 0 aliphatic heterocycles. The van der Waals surface area contributed by atoms with Gasteiger partial charge in [-0.15, -0.1) is 0 Å². The van der Waals surface area contributed by atoms with Crippen molar-refractivity contribution < 1.29 is 9.18 Å². The highest BCUT2D eigenvalue weighted by atomic mass is 79.9. The summed E-state index contributed by atoms with van der Waals surface area (Å²) in [6.07, 6.45) is 4.06. The monoisotopic (exact) mass is 314 g/mol. The summed E-state index contributed by atoms with van der Waals surface area (Å²) in [5, 5.41) is 2.92. The number of benzene rings is 1. The van der Waals surface area contributed by atoms with Crippen LogP contribution in [0.5, 0.6) is 0 Å². The molecule has 0 saturated heterocycles. The zero-order valence-corrected chi connectivity index (χ0v) is 11.5. The topological polar surface area (TPSA) is 55.1 Å². The zero-order chi connectivity index (χ0) is 13.1. The molecule has 1 fully saturated rings. The molecule has 98 valence electrons. The molecular formula is C13H16BrFN2O. The van der Waals surface area contributed by atoms with Crippen LogP contribution in [-0.2, 0) is 0 Å². The van der Waals surface area contributed by atoms with Crippen LogP contribution in [0.4, 0.5) is 4.39 Å². The number of halogens is 2. The van der Waals surface area contributed by atoms with Gasteiger partial charge in [0.1, 0.15) is 5.82 Å². The molecule has 0 spiro atoms. The lowest BCUT2D eigenvalue weighted by Crippen LogP contribution is -2.49. The molecule has 1 amide bonds. The lowest BCUT2D eigenvalue weighted by Gasteiger charge is -2.29. The maximum Gasteiger partial charge on any atom is 0.251 e. The van der Waals surface area contributed by atoms with Crippen LogP contribution >= 0.6 is 15.9 Å². The van der Waals surface area contributed by atoms with E-state index in [1.54, 1.807) is 0 Å². The first-order valence-corrected chi connectivity index (χ1v) is 6.88. The zero-order valence-electron chi connectivity index (χ0n) is 9.96. The Bertz CT molecular complexity index is 453. The molecule has 2 atom stereocenters. The normalized spacial score (nSPS) is 23.7. The number of nitrogens with one attached hydrogen (secondary N) is 1. The molecule has 2 unspecified atom stereocenters. The van der Waals surface area contributed by atoms with Crippen molar-refractivity contribution in [2.24, 2.45) is 5.73 Å². The molecule has 0 aromatic heterocycles. The third kappa shape index (κ3) is 3.09. The summed E-state index contributed by atoms with van der Waals surface area (Å²) in [6.45, 7) is 0.